The minimum atomic E-state index is -4.17. The minimum Gasteiger partial charge on any atom is -0.330 e. The summed E-state index contributed by atoms with van der Waals surface area (Å²) in [4.78, 5) is 1.96. The molecule has 1 aliphatic rings. The Balaban J connectivity index is 2.54. The van der Waals surface area contributed by atoms with Gasteiger partial charge in [-0.25, -0.2) is 0 Å². The summed E-state index contributed by atoms with van der Waals surface area (Å²) in [6.07, 6.45) is 1.39. The summed E-state index contributed by atoms with van der Waals surface area (Å²) in [6.45, 7) is 2.35. The van der Waals surface area contributed by atoms with Crippen molar-refractivity contribution in [2.24, 2.45) is 11.7 Å². The quantitative estimate of drug-likeness (QED) is 0.815. The summed E-state index contributed by atoms with van der Waals surface area (Å²) in [6, 6.07) is 0.324. The van der Waals surface area contributed by atoms with Crippen molar-refractivity contribution < 1.29 is 13.2 Å². The lowest BCUT2D eigenvalue weighted by Gasteiger charge is -2.36. The minimum absolute atomic E-state index is 0.0567. The molecular weight excluding hydrogens is 229 g/mol. The molecule has 0 bridgehead atoms. The van der Waals surface area contributed by atoms with Gasteiger partial charge in [0, 0.05) is 19.1 Å². The van der Waals surface area contributed by atoms with E-state index in [4.69, 9.17) is 5.73 Å². The van der Waals surface area contributed by atoms with Crippen molar-refractivity contribution >= 4 is 0 Å². The third kappa shape index (κ3) is 4.47. The van der Waals surface area contributed by atoms with Gasteiger partial charge in [0.2, 0.25) is 0 Å². The molecule has 1 unspecified atom stereocenters. The van der Waals surface area contributed by atoms with Crippen molar-refractivity contribution in [1.82, 2.24) is 4.90 Å². The molecule has 2 nitrogen and oxygen atoms in total. The van der Waals surface area contributed by atoms with Gasteiger partial charge >= 0.3 is 6.18 Å². The van der Waals surface area contributed by atoms with Crippen molar-refractivity contribution in [3.05, 3.63) is 0 Å². The standard InChI is InChI=1S/C12H23F3N2/c1-2-17(11-6-4-3-5-7-11)9-10(8-16)12(13,14)15/h10-11H,2-9,16H2,1H3. The first-order chi connectivity index (χ1) is 7.99. The highest BCUT2D eigenvalue weighted by molar-refractivity contribution is 4.80. The van der Waals surface area contributed by atoms with Crippen LogP contribution in [0.1, 0.15) is 39.0 Å². The van der Waals surface area contributed by atoms with E-state index in [1.165, 1.54) is 6.42 Å². The van der Waals surface area contributed by atoms with E-state index in [9.17, 15) is 13.2 Å². The molecule has 0 aromatic carbocycles. The number of hydrogen-bond donors (Lipinski definition) is 1. The van der Waals surface area contributed by atoms with Crippen LogP contribution in [-0.2, 0) is 0 Å². The van der Waals surface area contributed by atoms with Crippen LogP contribution >= 0.6 is 0 Å². The van der Waals surface area contributed by atoms with Gasteiger partial charge in [0.05, 0.1) is 5.92 Å². The summed E-state index contributed by atoms with van der Waals surface area (Å²) in [5.74, 6) is -1.38. The van der Waals surface area contributed by atoms with Gasteiger partial charge in [-0.15, -0.1) is 0 Å². The summed E-state index contributed by atoms with van der Waals surface area (Å²) in [7, 11) is 0. The second kappa shape index (κ2) is 6.59. The molecule has 0 spiro atoms. The van der Waals surface area contributed by atoms with Gasteiger partial charge in [-0.3, -0.25) is 4.90 Å². The molecule has 1 fully saturated rings. The van der Waals surface area contributed by atoms with Crippen molar-refractivity contribution in [3.8, 4) is 0 Å². The van der Waals surface area contributed by atoms with Gasteiger partial charge in [-0.1, -0.05) is 26.2 Å². The topological polar surface area (TPSA) is 29.3 Å². The van der Waals surface area contributed by atoms with Crippen LogP contribution < -0.4 is 5.73 Å². The summed E-state index contributed by atoms with van der Waals surface area (Å²) in [5.41, 5.74) is 5.24. The predicted molar refractivity (Wildman–Crippen MR) is 62.7 cm³/mol. The van der Waals surface area contributed by atoms with Gasteiger partial charge in [0.15, 0.2) is 0 Å². The Kier molecular flexibility index (Phi) is 5.73. The number of hydrogen-bond acceptors (Lipinski definition) is 2. The maximum atomic E-state index is 12.7. The fourth-order valence-electron chi connectivity index (χ4n) is 2.58. The fraction of sp³-hybridized carbons (Fsp3) is 1.00. The molecular formula is C12H23F3N2. The van der Waals surface area contributed by atoms with E-state index in [1.807, 2.05) is 11.8 Å². The average Bonchev–Trinajstić information content (AvgIpc) is 2.30. The third-order valence-corrected chi connectivity index (χ3v) is 3.70. The second-order valence-electron chi connectivity index (χ2n) is 4.85. The van der Waals surface area contributed by atoms with Crippen LogP contribution in [0.3, 0.4) is 0 Å². The Hall–Kier alpha value is -0.290. The van der Waals surface area contributed by atoms with Gasteiger partial charge in [-0.05, 0) is 19.4 Å². The van der Waals surface area contributed by atoms with E-state index in [0.717, 1.165) is 25.7 Å². The molecule has 0 saturated heterocycles. The van der Waals surface area contributed by atoms with Crippen molar-refractivity contribution in [3.63, 3.8) is 0 Å². The average molecular weight is 252 g/mol. The molecule has 5 heteroatoms. The molecule has 17 heavy (non-hydrogen) atoms. The summed E-state index contributed by atoms with van der Waals surface area (Å²) >= 11 is 0. The first-order valence-corrected chi connectivity index (χ1v) is 6.49. The number of halogens is 3. The Morgan fingerprint density at radius 1 is 1.24 bits per heavy atom. The molecule has 0 amide bonds. The van der Waals surface area contributed by atoms with Crippen molar-refractivity contribution in [2.75, 3.05) is 19.6 Å². The first-order valence-electron chi connectivity index (χ1n) is 6.49. The zero-order valence-corrected chi connectivity index (χ0v) is 10.5. The van der Waals surface area contributed by atoms with Crippen molar-refractivity contribution in [1.29, 1.82) is 0 Å². The van der Waals surface area contributed by atoms with Gasteiger partial charge < -0.3 is 5.73 Å². The molecule has 0 radical (unpaired) electrons. The normalized spacial score (nSPS) is 20.8. The second-order valence-corrected chi connectivity index (χ2v) is 4.85. The maximum absolute atomic E-state index is 12.7. The van der Waals surface area contributed by atoms with Crippen LogP contribution in [0, 0.1) is 5.92 Å². The largest absolute Gasteiger partial charge is 0.394 e. The lowest BCUT2D eigenvalue weighted by molar-refractivity contribution is -0.177. The van der Waals surface area contributed by atoms with Crippen LogP contribution in [0.15, 0.2) is 0 Å². The van der Waals surface area contributed by atoms with Crippen LogP contribution in [0.25, 0.3) is 0 Å². The van der Waals surface area contributed by atoms with Crippen LogP contribution in [0.4, 0.5) is 13.2 Å². The molecule has 0 aromatic heterocycles. The number of alkyl halides is 3. The Morgan fingerprint density at radius 3 is 2.24 bits per heavy atom. The molecule has 0 aliphatic heterocycles. The lowest BCUT2D eigenvalue weighted by Crippen LogP contribution is -2.45. The third-order valence-electron chi connectivity index (χ3n) is 3.70. The van der Waals surface area contributed by atoms with E-state index in [1.54, 1.807) is 0 Å². The molecule has 0 aromatic rings. The molecule has 1 aliphatic carbocycles. The summed E-state index contributed by atoms with van der Waals surface area (Å²) in [5, 5.41) is 0. The zero-order chi connectivity index (χ0) is 12.9. The molecule has 1 rings (SSSR count). The number of nitrogens with two attached hydrogens (primary N) is 1. The molecule has 102 valence electrons. The molecule has 0 heterocycles. The molecule has 1 saturated carbocycles. The first kappa shape index (κ1) is 14.8. The molecule has 1 atom stereocenters. The van der Waals surface area contributed by atoms with Gasteiger partial charge in [-0.2, -0.15) is 13.2 Å². The van der Waals surface area contributed by atoms with Crippen LogP contribution in [0.5, 0.6) is 0 Å². The van der Waals surface area contributed by atoms with Crippen molar-refractivity contribution in [2.45, 2.75) is 51.2 Å². The van der Waals surface area contributed by atoms with Gasteiger partial charge in [0.25, 0.3) is 0 Å². The zero-order valence-electron chi connectivity index (χ0n) is 10.5. The maximum Gasteiger partial charge on any atom is 0.394 e. The monoisotopic (exact) mass is 252 g/mol. The number of nitrogens with zero attached hydrogens (tertiary/aromatic N) is 1. The fourth-order valence-corrected chi connectivity index (χ4v) is 2.58. The highest BCUT2D eigenvalue weighted by Gasteiger charge is 2.40. The SMILES string of the molecule is CCN(CC(CN)C(F)(F)F)C1CCCCC1. The van der Waals surface area contributed by atoms with E-state index < -0.39 is 12.1 Å². The van der Waals surface area contributed by atoms with Crippen LogP contribution in [-0.4, -0.2) is 36.8 Å². The van der Waals surface area contributed by atoms with Crippen LogP contribution in [0.2, 0.25) is 0 Å². The predicted octanol–water partition coefficient (Wildman–Crippen LogP) is 2.78. The summed E-state index contributed by atoms with van der Waals surface area (Å²) < 4.78 is 38.0. The smallest absolute Gasteiger partial charge is 0.330 e. The Labute approximate surface area is 101 Å². The number of rotatable bonds is 5. The highest BCUT2D eigenvalue weighted by Crippen LogP contribution is 2.29. The lowest BCUT2D eigenvalue weighted by atomic mass is 9.93. The van der Waals surface area contributed by atoms with E-state index >= 15 is 0 Å². The van der Waals surface area contributed by atoms with E-state index in [0.29, 0.717) is 12.6 Å². The van der Waals surface area contributed by atoms with E-state index in [-0.39, 0.29) is 13.1 Å². The Bertz CT molecular complexity index is 212. The molecule has 2 N–H and O–H groups in total. The highest BCUT2D eigenvalue weighted by atomic mass is 19.4. The van der Waals surface area contributed by atoms with E-state index in [2.05, 4.69) is 0 Å². The van der Waals surface area contributed by atoms with Gasteiger partial charge in [0.1, 0.15) is 0 Å². The Morgan fingerprint density at radius 2 is 1.82 bits per heavy atom.